The highest BCUT2D eigenvalue weighted by molar-refractivity contribution is 14.1. The van der Waals surface area contributed by atoms with Gasteiger partial charge in [0.05, 0.1) is 12.0 Å². The molecule has 1 amide bonds. The van der Waals surface area contributed by atoms with Crippen molar-refractivity contribution in [1.29, 1.82) is 0 Å². The number of anilines is 2. The molecule has 0 bridgehead atoms. The molecule has 0 saturated carbocycles. The zero-order valence-corrected chi connectivity index (χ0v) is 21.0. The van der Waals surface area contributed by atoms with Gasteiger partial charge in [0.25, 0.3) is 15.9 Å². The Morgan fingerprint density at radius 2 is 1.59 bits per heavy atom. The van der Waals surface area contributed by atoms with Crippen LogP contribution >= 0.6 is 34.8 Å². The van der Waals surface area contributed by atoms with Crippen molar-refractivity contribution >= 4 is 67.2 Å². The number of benzene rings is 3. The minimum Gasteiger partial charge on any atom is -0.497 e. The number of nitrogens with one attached hydrogen (secondary N) is 3. The van der Waals surface area contributed by atoms with Crippen molar-refractivity contribution < 1.29 is 17.9 Å². The number of hydrogen-bond acceptors (Lipinski definition) is 5. The molecule has 0 aliphatic heterocycles. The van der Waals surface area contributed by atoms with Gasteiger partial charge in [0.1, 0.15) is 5.75 Å². The molecule has 0 unspecified atom stereocenters. The predicted molar refractivity (Wildman–Crippen MR) is 138 cm³/mol. The van der Waals surface area contributed by atoms with Gasteiger partial charge in [-0.1, -0.05) is 6.07 Å². The lowest BCUT2D eigenvalue weighted by Gasteiger charge is -2.12. The van der Waals surface area contributed by atoms with Crippen molar-refractivity contribution in [3.63, 3.8) is 0 Å². The Bertz CT molecular complexity index is 1250. The quantitative estimate of drug-likeness (QED) is 0.293. The fourth-order valence-corrected chi connectivity index (χ4v) is 4.45. The third-order valence-electron chi connectivity index (χ3n) is 4.43. The lowest BCUT2D eigenvalue weighted by atomic mass is 10.1. The van der Waals surface area contributed by atoms with Crippen LogP contribution in [-0.2, 0) is 10.0 Å². The molecule has 0 saturated heterocycles. The van der Waals surface area contributed by atoms with Crippen LogP contribution in [0, 0.1) is 10.5 Å². The summed E-state index contributed by atoms with van der Waals surface area (Å²) in [6.07, 6.45) is 0. The number of carbonyl (C=O) groups excluding carboxylic acids is 1. The second-order valence-corrected chi connectivity index (χ2v) is 9.98. The van der Waals surface area contributed by atoms with Crippen molar-refractivity contribution in [2.45, 2.75) is 11.8 Å². The fraction of sp³-hybridized carbons (Fsp3) is 0.0909. The van der Waals surface area contributed by atoms with Crippen molar-refractivity contribution in [2.75, 3.05) is 17.1 Å². The van der Waals surface area contributed by atoms with Crippen molar-refractivity contribution in [2.24, 2.45) is 0 Å². The first kappa shape index (κ1) is 24.0. The Hall–Kier alpha value is -2.70. The van der Waals surface area contributed by atoms with E-state index in [2.05, 4.69) is 37.9 Å². The van der Waals surface area contributed by atoms with Crippen LogP contribution in [-0.4, -0.2) is 26.5 Å². The average Bonchev–Trinajstić information content (AvgIpc) is 2.76. The molecule has 7 nitrogen and oxygen atoms in total. The summed E-state index contributed by atoms with van der Waals surface area (Å²) in [6, 6.07) is 18.0. The molecular weight excluding hydrogens is 561 g/mol. The largest absolute Gasteiger partial charge is 0.497 e. The van der Waals surface area contributed by atoms with E-state index in [1.54, 1.807) is 48.5 Å². The maximum atomic E-state index is 12.6. The number of sulfonamides is 1. The first-order valence-corrected chi connectivity index (χ1v) is 12.3. The van der Waals surface area contributed by atoms with Gasteiger partial charge in [-0.2, -0.15) is 0 Å². The van der Waals surface area contributed by atoms with Gasteiger partial charge in [-0.15, -0.1) is 0 Å². The van der Waals surface area contributed by atoms with Gasteiger partial charge in [0.15, 0.2) is 5.11 Å². The summed E-state index contributed by atoms with van der Waals surface area (Å²) < 4.78 is 33.8. The summed E-state index contributed by atoms with van der Waals surface area (Å²) in [6.45, 7) is 1.96. The third-order valence-corrected chi connectivity index (χ3v) is 7.19. The number of thiocarbonyl (C=S) groups is 1. The number of halogens is 1. The van der Waals surface area contributed by atoms with E-state index < -0.39 is 10.0 Å². The highest BCUT2D eigenvalue weighted by atomic mass is 127. The van der Waals surface area contributed by atoms with Crippen molar-refractivity contribution in [3.8, 4) is 5.75 Å². The Labute approximate surface area is 205 Å². The molecule has 0 heterocycles. The summed E-state index contributed by atoms with van der Waals surface area (Å²) in [4.78, 5) is 12.5. The van der Waals surface area contributed by atoms with Gasteiger partial charge in [-0.25, -0.2) is 8.42 Å². The van der Waals surface area contributed by atoms with Crippen LogP contribution in [0.25, 0.3) is 0 Å². The lowest BCUT2D eigenvalue weighted by Crippen LogP contribution is -2.34. The van der Waals surface area contributed by atoms with Crippen LogP contribution in [0.15, 0.2) is 71.6 Å². The Balaban J connectivity index is 1.62. The molecule has 0 fully saturated rings. The van der Waals surface area contributed by atoms with E-state index >= 15 is 0 Å². The fourth-order valence-electron chi connectivity index (χ4n) is 2.66. The van der Waals surface area contributed by atoms with Crippen molar-refractivity contribution in [3.05, 3.63) is 81.4 Å². The predicted octanol–water partition coefficient (Wildman–Crippen LogP) is 4.54. The molecule has 3 rings (SSSR count). The molecule has 0 atom stereocenters. The van der Waals surface area contributed by atoms with Gasteiger partial charge in [0, 0.05) is 20.5 Å². The average molecular weight is 581 g/mol. The Morgan fingerprint density at radius 1 is 0.969 bits per heavy atom. The van der Waals surface area contributed by atoms with Gasteiger partial charge in [-0.3, -0.25) is 14.8 Å². The van der Waals surface area contributed by atoms with E-state index in [-0.39, 0.29) is 15.9 Å². The summed E-state index contributed by atoms with van der Waals surface area (Å²) in [7, 11) is -2.23. The third kappa shape index (κ3) is 6.17. The normalized spacial score (nSPS) is 10.8. The summed E-state index contributed by atoms with van der Waals surface area (Å²) in [5.41, 5.74) is 2.54. The number of ether oxygens (including phenoxy) is 1. The van der Waals surface area contributed by atoms with E-state index in [1.165, 1.54) is 19.2 Å². The molecule has 0 aliphatic rings. The SMILES string of the molecule is COc1ccc(NS(=O)(=O)c2ccc(NC(=S)NC(=O)c3ccc(C)c(I)c3)cc2)cc1. The number of carbonyl (C=O) groups is 1. The van der Waals surface area contributed by atoms with E-state index in [0.29, 0.717) is 22.7 Å². The minimum atomic E-state index is -3.76. The number of amides is 1. The molecule has 32 heavy (non-hydrogen) atoms. The van der Waals surface area contributed by atoms with Gasteiger partial charge < -0.3 is 10.1 Å². The van der Waals surface area contributed by atoms with E-state index in [0.717, 1.165) is 9.13 Å². The Morgan fingerprint density at radius 3 is 2.19 bits per heavy atom. The van der Waals surface area contributed by atoms with Crippen LogP contribution in [0.3, 0.4) is 0 Å². The lowest BCUT2D eigenvalue weighted by molar-refractivity contribution is 0.0977. The smallest absolute Gasteiger partial charge is 0.261 e. The second kappa shape index (κ2) is 10.3. The van der Waals surface area contributed by atoms with Gasteiger partial charge >= 0.3 is 0 Å². The van der Waals surface area contributed by atoms with Crippen LogP contribution in [0.2, 0.25) is 0 Å². The van der Waals surface area contributed by atoms with Gasteiger partial charge in [0.2, 0.25) is 0 Å². The standard InChI is InChI=1S/C22H20IN3O4S2/c1-14-3-4-15(13-20(14)23)21(27)25-22(31)24-16-7-11-19(12-8-16)32(28,29)26-17-5-9-18(30-2)10-6-17/h3-13,26H,1-2H3,(H2,24,25,27,31). The molecule has 0 radical (unpaired) electrons. The monoisotopic (exact) mass is 581 g/mol. The van der Waals surface area contributed by atoms with Crippen LogP contribution in [0.1, 0.15) is 15.9 Å². The number of methoxy groups -OCH3 is 1. The van der Waals surface area contributed by atoms with Crippen LogP contribution in [0.4, 0.5) is 11.4 Å². The number of aryl methyl sites for hydroxylation is 1. The maximum absolute atomic E-state index is 12.6. The molecular formula is C22H20IN3O4S2. The highest BCUT2D eigenvalue weighted by Crippen LogP contribution is 2.20. The van der Waals surface area contributed by atoms with Crippen molar-refractivity contribution in [1.82, 2.24) is 5.32 Å². The molecule has 166 valence electrons. The van der Waals surface area contributed by atoms with Crippen LogP contribution < -0.4 is 20.1 Å². The molecule has 0 aromatic heterocycles. The highest BCUT2D eigenvalue weighted by Gasteiger charge is 2.15. The van der Waals surface area contributed by atoms with E-state index in [1.807, 2.05) is 13.0 Å². The zero-order valence-electron chi connectivity index (χ0n) is 17.2. The maximum Gasteiger partial charge on any atom is 0.261 e. The minimum absolute atomic E-state index is 0.0862. The zero-order chi connectivity index (χ0) is 23.3. The number of hydrogen-bond donors (Lipinski definition) is 3. The molecule has 10 heteroatoms. The van der Waals surface area contributed by atoms with E-state index in [9.17, 15) is 13.2 Å². The van der Waals surface area contributed by atoms with E-state index in [4.69, 9.17) is 17.0 Å². The van der Waals surface area contributed by atoms with Crippen LogP contribution in [0.5, 0.6) is 5.75 Å². The first-order valence-electron chi connectivity index (χ1n) is 9.33. The first-order chi connectivity index (χ1) is 15.2. The molecule has 3 aromatic carbocycles. The second-order valence-electron chi connectivity index (χ2n) is 6.73. The molecule has 0 spiro atoms. The van der Waals surface area contributed by atoms with Gasteiger partial charge in [-0.05, 0) is 108 Å². The summed E-state index contributed by atoms with van der Waals surface area (Å²) >= 11 is 7.37. The summed E-state index contributed by atoms with van der Waals surface area (Å²) in [5.74, 6) is 0.298. The summed E-state index contributed by atoms with van der Waals surface area (Å²) in [5, 5.41) is 5.60. The topological polar surface area (TPSA) is 96.5 Å². The Kier molecular flexibility index (Phi) is 7.69. The molecule has 0 aliphatic carbocycles. The number of rotatable bonds is 6. The molecule has 3 aromatic rings. The molecule has 3 N–H and O–H groups in total.